The van der Waals surface area contributed by atoms with Gasteiger partial charge in [0.2, 0.25) is 5.87 Å². The number of hydrogen-bond donors (Lipinski definition) is 1. The molecule has 1 N–H and O–H groups in total. The van der Waals surface area contributed by atoms with Gasteiger partial charge >= 0.3 is 0 Å². The highest BCUT2D eigenvalue weighted by atomic mass is 16.4. The lowest BCUT2D eigenvalue weighted by Gasteiger charge is -2.18. The predicted octanol–water partition coefficient (Wildman–Crippen LogP) is 1.85. The van der Waals surface area contributed by atoms with Crippen molar-refractivity contribution in [3.63, 3.8) is 0 Å². The van der Waals surface area contributed by atoms with Crippen LogP contribution in [0.2, 0.25) is 5.82 Å². The Kier molecular flexibility index (Phi) is 2.78. The number of carbonyl (C=O) groups is 1. The van der Waals surface area contributed by atoms with Crippen molar-refractivity contribution >= 4 is 13.1 Å². The SMILES string of the molecule is O=C(O)BC1CCCCC1. The number of rotatable bonds is 2. The maximum Gasteiger partial charge on any atom is 0.263 e. The Morgan fingerprint density at radius 1 is 1.30 bits per heavy atom. The minimum absolute atomic E-state index is 0.389. The highest BCUT2D eigenvalue weighted by Gasteiger charge is 2.17. The van der Waals surface area contributed by atoms with Crippen LogP contribution in [0, 0.1) is 0 Å². The molecule has 0 aromatic rings. The zero-order valence-electron chi connectivity index (χ0n) is 6.18. The quantitative estimate of drug-likeness (QED) is 0.594. The first-order valence-corrected chi connectivity index (χ1v) is 4.01. The third kappa shape index (κ3) is 2.42. The zero-order valence-corrected chi connectivity index (χ0v) is 6.18. The molecule has 1 saturated carbocycles. The van der Waals surface area contributed by atoms with E-state index in [2.05, 4.69) is 0 Å². The van der Waals surface area contributed by atoms with Gasteiger partial charge in [0.25, 0.3) is 7.28 Å². The number of hydrogen-bond acceptors (Lipinski definition) is 1. The Morgan fingerprint density at radius 3 is 2.40 bits per heavy atom. The van der Waals surface area contributed by atoms with Crippen molar-refractivity contribution in [2.45, 2.75) is 37.9 Å². The number of carboxylic acid groups (broad SMARTS) is 1. The van der Waals surface area contributed by atoms with Gasteiger partial charge in [0.1, 0.15) is 0 Å². The molecule has 56 valence electrons. The first-order chi connectivity index (χ1) is 4.79. The Bertz CT molecular complexity index is 119. The van der Waals surface area contributed by atoms with E-state index >= 15 is 0 Å². The topological polar surface area (TPSA) is 37.3 Å². The van der Waals surface area contributed by atoms with E-state index in [1.807, 2.05) is 0 Å². The zero-order chi connectivity index (χ0) is 7.40. The summed E-state index contributed by atoms with van der Waals surface area (Å²) in [4.78, 5) is 10.3. The molecule has 0 atom stereocenters. The minimum Gasteiger partial charge on any atom is -0.489 e. The maximum atomic E-state index is 10.3. The van der Waals surface area contributed by atoms with E-state index in [4.69, 9.17) is 5.11 Å². The lowest BCUT2D eigenvalue weighted by Crippen LogP contribution is -2.15. The van der Waals surface area contributed by atoms with Gasteiger partial charge in [-0.1, -0.05) is 37.9 Å². The van der Waals surface area contributed by atoms with Crippen molar-refractivity contribution in [2.75, 3.05) is 0 Å². The third-order valence-electron chi connectivity index (χ3n) is 2.19. The summed E-state index contributed by atoms with van der Waals surface area (Å²) in [7, 11) is 0.389. The lowest BCUT2D eigenvalue weighted by atomic mass is 9.59. The Morgan fingerprint density at radius 2 is 1.90 bits per heavy atom. The molecule has 3 heteroatoms. The Hall–Kier alpha value is -0.465. The van der Waals surface area contributed by atoms with E-state index in [9.17, 15) is 4.79 Å². The Balaban J connectivity index is 2.19. The molecule has 2 nitrogen and oxygen atoms in total. The van der Waals surface area contributed by atoms with Gasteiger partial charge in [-0.2, -0.15) is 0 Å². The smallest absolute Gasteiger partial charge is 0.263 e. The largest absolute Gasteiger partial charge is 0.489 e. The van der Waals surface area contributed by atoms with Gasteiger partial charge in [-0.25, -0.2) is 0 Å². The fourth-order valence-corrected chi connectivity index (χ4v) is 1.64. The van der Waals surface area contributed by atoms with Crippen LogP contribution in [0.15, 0.2) is 0 Å². The average Bonchev–Trinajstić information content (AvgIpc) is 1.88. The molecule has 0 aromatic carbocycles. The minimum atomic E-state index is -0.632. The summed E-state index contributed by atoms with van der Waals surface area (Å²) in [5.74, 6) is -0.154. The molecular weight excluding hydrogens is 127 g/mol. The summed E-state index contributed by atoms with van der Waals surface area (Å²) in [6, 6.07) is 0. The molecule has 0 heterocycles. The van der Waals surface area contributed by atoms with Crippen molar-refractivity contribution in [2.24, 2.45) is 0 Å². The van der Waals surface area contributed by atoms with Crippen LogP contribution in [0.1, 0.15) is 32.1 Å². The van der Waals surface area contributed by atoms with Crippen molar-refractivity contribution in [3.05, 3.63) is 0 Å². The molecule has 0 bridgehead atoms. The van der Waals surface area contributed by atoms with Gasteiger partial charge in [0, 0.05) is 0 Å². The molecule has 0 saturated heterocycles. The maximum absolute atomic E-state index is 10.3. The van der Waals surface area contributed by atoms with Crippen LogP contribution in [0.5, 0.6) is 0 Å². The van der Waals surface area contributed by atoms with Gasteiger partial charge in [-0.05, 0) is 0 Å². The first kappa shape index (κ1) is 7.64. The van der Waals surface area contributed by atoms with Gasteiger partial charge in [0.15, 0.2) is 0 Å². The van der Waals surface area contributed by atoms with Crippen LogP contribution in [0.25, 0.3) is 0 Å². The monoisotopic (exact) mass is 140 g/mol. The van der Waals surface area contributed by atoms with Crippen LogP contribution in [-0.2, 0) is 0 Å². The lowest BCUT2D eigenvalue weighted by molar-refractivity contribution is 0.219. The van der Waals surface area contributed by atoms with E-state index in [1.165, 1.54) is 19.3 Å². The van der Waals surface area contributed by atoms with Gasteiger partial charge in [-0.3, -0.25) is 4.79 Å². The van der Waals surface area contributed by atoms with Gasteiger partial charge in [0.05, 0.1) is 0 Å². The molecule has 10 heavy (non-hydrogen) atoms. The molecule has 1 aliphatic rings. The second-order valence-electron chi connectivity index (χ2n) is 3.10. The van der Waals surface area contributed by atoms with Crippen molar-refractivity contribution < 1.29 is 9.90 Å². The molecule has 0 unspecified atom stereocenters. The summed E-state index contributed by atoms with van der Waals surface area (Å²) < 4.78 is 0. The molecule has 1 rings (SSSR count). The van der Waals surface area contributed by atoms with E-state index < -0.39 is 5.87 Å². The highest BCUT2D eigenvalue weighted by Crippen LogP contribution is 2.27. The van der Waals surface area contributed by atoms with Crippen molar-refractivity contribution in [1.82, 2.24) is 0 Å². The first-order valence-electron chi connectivity index (χ1n) is 4.01. The standard InChI is InChI=1S/C7H13BO2/c9-7(10)8-6-4-2-1-3-5-6/h6,8H,1-5H2,(H,9,10). The van der Waals surface area contributed by atoms with Crippen LogP contribution in [-0.4, -0.2) is 18.3 Å². The summed E-state index contributed by atoms with van der Waals surface area (Å²) in [6.45, 7) is 0. The molecule has 0 amide bonds. The molecule has 1 aliphatic carbocycles. The van der Waals surface area contributed by atoms with Crippen LogP contribution in [0.3, 0.4) is 0 Å². The Labute approximate surface area is 61.9 Å². The van der Waals surface area contributed by atoms with Gasteiger partial charge < -0.3 is 5.11 Å². The van der Waals surface area contributed by atoms with E-state index in [-0.39, 0.29) is 0 Å². The second kappa shape index (κ2) is 3.64. The van der Waals surface area contributed by atoms with Crippen molar-refractivity contribution in [1.29, 1.82) is 0 Å². The van der Waals surface area contributed by atoms with E-state index in [0.29, 0.717) is 13.1 Å². The summed E-state index contributed by atoms with van der Waals surface area (Å²) in [6.07, 6.45) is 6.03. The third-order valence-corrected chi connectivity index (χ3v) is 2.19. The summed E-state index contributed by atoms with van der Waals surface area (Å²) >= 11 is 0. The summed E-state index contributed by atoms with van der Waals surface area (Å²) in [5.41, 5.74) is 0. The molecule has 1 fully saturated rings. The van der Waals surface area contributed by atoms with Gasteiger partial charge in [-0.15, -0.1) is 0 Å². The van der Waals surface area contributed by atoms with Crippen LogP contribution in [0.4, 0.5) is 4.79 Å². The average molecular weight is 140 g/mol. The fourth-order valence-electron chi connectivity index (χ4n) is 1.64. The molecule has 0 spiro atoms. The van der Waals surface area contributed by atoms with Crippen LogP contribution < -0.4 is 0 Å². The molecular formula is C7H13BO2. The molecule has 0 aromatic heterocycles. The predicted molar refractivity (Wildman–Crippen MR) is 42.0 cm³/mol. The van der Waals surface area contributed by atoms with Crippen molar-refractivity contribution in [3.8, 4) is 0 Å². The van der Waals surface area contributed by atoms with Crippen LogP contribution >= 0.6 is 0 Å². The fraction of sp³-hybridized carbons (Fsp3) is 0.857. The normalized spacial score (nSPS) is 20.4. The second-order valence-corrected chi connectivity index (χ2v) is 3.10. The van der Waals surface area contributed by atoms with E-state index in [1.54, 1.807) is 0 Å². The molecule has 0 radical (unpaired) electrons. The summed E-state index contributed by atoms with van der Waals surface area (Å²) in [5, 5.41) is 8.47. The highest BCUT2D eigenvalue weighted by molar-refractivity contribution is 6.72. The van der Waals surface area contributed by atoms with E-state index in [0.717, 1.165) is 12.8 Å². The molecule has 0 aliphatic heterocycles.